The van der Waals surface area contributed by atoms with Crippen molar-refractivity contribution in [3.8, 4) is 0 Å². The van der Waals surface area contributed by atoms with Gasteiger partial charge in [-0.05, 0) is 30.0 Å². The monoisotopic (exact) mass is 254 g/mol. The summed E-state index contributed by atoms with van der Waals surface area (Å²) in [5.74, 6) is -0.757. The van der Waals surface area contributed by atoms with Crippen molar-refractivity contribution in [3.05, 3.63) is 34.9 Å². The molecule has 1 aromatic rings. The van der Waals surface area contributed by atoms with Crippen LogP contribution in [0.25, 0.3) is 0 Å². The van der Waals surface area contributed by atoms with Crippen LogP contribution in [0, 0.1) is 5.92 Å². The molecule has 0 heterocycles. The maximum absolute atomic E-state index is 11.3. The molecule has 17 heavy (non-hydrogen) atoms. The molecule has 0 saturated carbocycles. The van der Waals surface area contributed by atoms with Crippen molar-refractivity contribution in [1.29, 1.82) is 0 Å². The molecule has 1 rings (SSSR count). The molecular formula is C14H19ClO2. The van der Waals surface area contributed by atoms with E-state index in [0.717, 1.165) is 18.4 Å². The molecule has 1 unspecified atom stereocenters. The van der Waals surface area contributed by atoms with E-state index in [1.165, 1.54) is 0 Å². The Kier molecular flexibility index (Phi) is 5.49. The molecule has 0 aliphatic carbocycles. The minimum atomic E-state index is -0.765. The third-order valence-electron chi connectivity index (χ3n) is 3.27. The van der Waals surface area contributed by atoms with Crippen LogP contribution in [0.15, 0.2) is 24.3 Å². The molecule has 0 bridgehead atoms. The largest absolute Gasteiger partial charge is 0.481 e. The molecular weight excluding hydrogens is 236 g/mol. The zero-order valence-electron chi connectivity index (χ0n) is 10.3. The lowest BCUT2D eigenvalue weighted by molar-refractivity contribution is -0.139. The Balaban J connectivity index is 2.89. The van der Waals surface area contributed by atoms with Crippen molar-refractivity contribution < 1.29 is 9.90 Å². The minimum absolute atomic E-state index is 0.446. The van der Waals surface area contributed by atoms with Gasteiger partial charge in [0.1, 0.15) is 0 Å². The first-order valence-electron chi connectivity index (χ1n) is 6.06. The summed E-state index contributed by atoms with van der Waals surface area (Å²) in [4.78, 5) is 11.3. The van der Waals surface area contributed by atoms with Crippen LogP contribution in [0.5, 0.6) is 0 Å². The van der Waals surface area contributed by atoms with E-state index in [2.05, 4.69) is 13.8 Å². The zero-order valence-corrected chi connectivity index (χ0v) is 11.1. The number of aliphatic carboxylic acids is 1. The van der Waals surface area contributed by atoms with E-state index in [1.807, 2.05) is 6.07 Å². The zero-order chi connectivity index (χ0) is 12.8. The van der Waals surface area contributed by atoms with Gasteiger partial charge in [-0.1, -0.05) is 50.4 Å². The fourth-order valence-electron chi connectivity index (χ4n) is 2.06. The molecule has 0 aromatic heterocycles. The predicted octanol–water partition coefficient (Wildman–Crippen LogP) is 4.33. The minimum Gasteiger partial charge on any atom is -0.481 e. The van der Waals surface area contributed by atoms with Crippen LogP contribution in [-0.2, 0) is 4.79 Å². The van der Waals surface area contributed by atoms with Gasteiger partial charge in [-0.15, -0.1) is 0 Å². The fourth-order valence-corrected chi connectivity index (χ4v) is 2.26. The molecule has 1 atom stereocenters. The van der Waals surface area contributed by atoms with E-state index >= 15 is 0 Å². The van der Waals surface area contributed by atoms with Gasteiger partial charge in [0.25, 0.3) is 0 Å². The Labute approximate surface area is 108 Å². The number of carbonyl (C=O) groups is 1. The standard InChI is InChI=1S/C14H19ClO2/c1-3-10(4-2)8-13(14(16)17)11-6-5-7-12(15)9-11/h5-7,9-10,13H,3-4,8H2,1-2H3,(H,16,17). The van der Waals surface area contributed by atoms with Gasteiger partial charge >= 0.3 is 5.97 Å². The maximum Gasteiger partial charge on any atom is 0.310 e. The number of rotatable bonds is 6. The Hall–Kier alpha value is -1.02. The van der Waals surface area contributed by atoms with E-state index in [1.54, 1.807) is 18.2 Å². The van der Waals surface area contributed by atoms with Gasteiger partial charge in [0.15, 0.2) is 0 Å². The first kappa shape index (κ1) is 14.0. The van der Waals surface area contributed by atoms with Gasteiger partial charge in [-0.3, -0.25) is 4.79 Å². The van der Waals surface area contributed by atoms with Crippen LogP contribution in [0.2, 0.25) is 5.02 Å². The SMILES string of the molecule is CCC(CC)CC(C(=O)O)c1cccc(Cl)c1. The van der Waals surface area contributed by atoms with Crippen molar-refractivity contribution >= 4 is 17.6 Å². The summed E-state index contributed by atoms with van der Waals surface area (Å²) in [5.41, 5.74) is 0.803. The summed E-state index contributed by atoms with van der Waals surface area (Å²) < 4.78 is 0. The molecule has 0 amide bonds. The van der Waals surface area contributed by atoms with Crippen LogP contribution in [0.3, 0.4) is 0 Å². The van der Waals surface area contributed by atoms with E-state index in [9.17, 15) is 9.90 Å². The van der Waals surface area contributed by atoms with Crippen molar-refractivity contribution in [1.82, 2.24) is 0 Å². The Morgan fingerprint density at radius 3 is 2.47 bits per heavy atom. The number of carboxylic acids is 1. The first-order chi connectivity index (χ1) is 8.08. The van der Waals surface area contributed by atoms with Crippen LogP contribution >= 0.6 is 11.6 Å². The molecule has 0 radical (unpaired) electrons. The lowest BCUT2D eigenvalue weighted by Crippen LogP contribution is -2.15. The Morgan fingerprint density at radius 2 is 2.00 bits per heavy atom. The third-order valence-corrected chi connectivity index (χ3v) is 3.51. The highest BCUT2D eigenvalue weighted by Crippen LogP contribution is 2.28. The molecule has 94 valence electrons. The lowest BCUT2D eigenvalue weighted by Gasteiger charge is -2.19. The topological polar surface area (TPSA) is 37.3 Å². The number of halogens is 1. The number of hydrogen-bond acceptors (Lipinski definition) is 1. The summed E-state index contributed by atoms with van der Waals surface area (Å²) in [6, 6.07) is 7.16. The number of carboxylic acid groups (broad SMARTS) is 1. The van der Waals surface area contributed by atoms with Crippen molar-refractivity contribution in [2.75, 3.05) is 0 Å². The normalized spacial score (nSPS) is 12.7. The summed E-state index contributed by atoms with van der Waals surface area (Å²) in [5, 5.41) is 9.91. The Bertz CT molecular complexity index is 372. The van der Waals surface area contributed by atoms with E-state index < -0.39 is 11.9 Å². The number of hydrogen-bond donors (Lipinski definition) is 1. The van der Waals surface area contributed by atoms with Gasteiger partial charge in [-0.25, -0.2) is 0 Å². The molecule has 1 N–H and O–H groups in total. The van der Waals surface area contributed by atoms with Crippen LogP contribution < -0.4 is 0 Å². The van der Waals surface area contributed by atoms with E-state index in [4.69, 9.17) is 11.6 Å². The third kappa shape index (κ3) is 4.04. The van der Waals surface area contributed by atoms with Gasteiger partial charge < -0.3 is 5.11 Å². The molecule has 0 saturated heterocycles. The second-order valence-electron chi connectivity index (χ2n) is 4.36. The summed E-state index contributed by atoms with van der Waals surface area (Å²) in [7, 11) is 0. The molecule has 1 aromatic carbocycles. The van der Waals surface area contributed by atoms with Crippen LogP contribution in [0.4, 0.5) is 0 Å². The van der Waals surface area contributed by atoms with E-state index in [-0.39, 0.29) is 0 Å². The van der Waals surface area contributed by atoms with Gasteiger partial charge in [0.2, 0.25) is 0 Å². The summed E-state index contributed by atoms with van der Waals surface area (Å²) in [6.07, 6.45) is 2.71. The highest BCUT2D eigenvalue weighted by Gasteiger charge is 2.23. The highest BCUT2D eigenvalue weighted by atomic mass is 35.5. The first-order valence-corrected chi connectivity index (χ1v) is 6.44. The predicted molar refractivity (Wildman–Crippen MR) is 70.5 cm³/mol. The molecule has 0 aliphatic heterocycles. The molecule has 0 aliphatic rings. The van der Waals surface area contributed by atoms with E-state index in [0.29, 0.717) is 17.4 Å². The van der Waals surface area contributed by atoms with Crippen LogP contribution in [0.1, 0.15) is 44.6 Å². The molecule has 2 nitrogen and oxygen atoms in total. The molecule has 0 fully saturated rings. The van der Waals surface area contributed by atoms with Crippen molar-refractivity contribution in [2.24, 2.45) is 5.92 Å². The van der Waals surface area contributed by atoms with Gasteiger partial charge in [-0.2, -0.15) is 0 Å². The Morgan fingerprint density at radius 1 is 1.35 bits per heavy atom. The van der Waals surface area contributed by atoms with Crippen molar-refractivity contribution in [2.45, 2.75) is 39.0 Å². The smallest absolute Gasteiger partial charge is 0.310 e. The summed E-state index contributed by atoms with van der Waals surface area (Å²) >= 11 is 5.90. The second-order valence-corrected chi connectivity index (χ2v) is 4.80. The maximum atomic E-state index is 11.3. The fraction of sp³-hybridized carbons (Fsp3) is 0.500. The quantitative estimate of drug-likeness (QED) is 0.820. The van der Waals surface area contributed by atoms with Gasteiger partial charge in [0, 0.05) is 5.02 Å². The number of benzene rings is 1. The lowest BCUT2D eigenvalue weighted by atomic mass is 9.86. The summed E-state index contributed by atoms with van der Waals surface area (Å²) in [6.45, 7) is 4.20. The molecule has 3 heteroatoms. The van der Waals surface area contributed by atoms with Crippen LogP contribution in [-0.4, -0.2) is 11.1 Å². The van der Waals surface area contributed by atoms with Crippen molar-refractivity contribution in [3.63, 3.8) is 0 Å². The average molecular weight is 255 g/mol. The molecule has 0 spiro atoms. The van der Waals surface area contributed by atoms with Gasteiger partial charge in [0.05, 0.1) is 5.92 Å². The highest BCUT2D eigenvalue weighted by molar-refractivity contribution is 6.30. The second kappa shape index (κ2) is 6.65. The average Bonchev–Trinajstić information content (AvgIpc) is 2.30.